The molecule has 1 aliphatic rings. The lowest BCUT2D eigenvalue weighted by Crippen LogP contribution is -2.45. The number of anilines is 1. The van der Waals surface area contributed by atoms with Crippen molar-refractivity contribution in [2.24, 2.45) is 0 Å². The summed E-state index contributed by atoms with van der Waals surface area (Å²) in [7, 11) is 0. The van der Waals surface area contributed by atoms with Gasteiger partial charge in [-0.15, -0.1) is 24.8 Å². The van der Waals surface area contributed by atoms with E-state index in [-0.39, 0.29) is 30.7 Å². The summed E-state index contributed by atoms with van der Waals surface area (Å²) in [6.45, 7) is 1.92. The molecule has 1 aromatic rings. The minimum Gasteiger partial charge on any atom is -0.366 e. The summed E-state index contributed by atoms with van der Waals surface area (Å²) in [4.78, 5) is 15.7. The zero-order chi connectivity index (χ0) is 10.5. The van der Waals surface area contributed by atoms with Crippen molar-refractivity contribution in [3.63, 3.8) is 0 Å². The number of nitrogens with one attached hydrogen (secondary N) is 2. The number of morpholine rings is 1. The number of ether oxygens (including phenoxy) is 1. The van der Waals surface area contributed by atoms with Crippen molar-refractivity contribution in [2.75, 3.05) is 25.0 Å². The van der Waals surface area contributed by atoms with E-state index in [4.69, 9.17) is 4.74 Å². The molecule has 5 nitrogen and oxygen atoms in total. The van der Waals surface area contributed by atoms with Crippen LogP contribution in [-0.4, -0.2) is 36.7 Å². The van der Waals surface area contributed by atoms with E-state index >= 15 is 0 Å². The van der Waals surface area contributed by atoms with Crippen molar-refractivity contribution in [1.29, 1.82) is 0 Å². The van der Waals surface area contributed by atoms with Crippen LogP contribution >= 0.6 is 24.8 Å². The lowest BCUT2D eigenvalue weighted by atomic mass is 10.3. The molecule has 2 rings (SSSR count). The fraction of sp³-hybridized carbons (Fsp3) is 0.400. The molecule has 1 aliphatic heterocycles. The third-order valence-electron chi connectivity index (χ3n) is 2.14. The van der Waals surface area contributed by atoms with Gasteiger partial charge in [0.15, 0.2) is 0 Å². The highest BCUT2D eigenvalue weighted by atomic mass is 35.5. The van der Waals surface area contributed by atoms with Gasteiger partial charge in [-0.2, -0.15) is 0 Å². The summed E-state index contributed by atoms with van der Waals surface area (Å²) >= 11 is 0. The number of hydrogen-bond donors (Lipinski definition) is 2. The lowest BCUT2D eigenvalue weighted by Gasteiger charge is -2.22. The Bertz CT molecular complexity index is 332. The van der Waals surface area contributed by atoms with Crippen molar-refractivity contribution in [2.45, 2.75) is 6.10 Å². The molecule has 1 saturated heterocycles. The summed E-state index contributed by atoms with van der Waals surface area (Å²) in [5.74, 6) is 0.401. The Morgan fingerprint density at radius 2 is 2.29 bits per heavy atom. The molecule has 0 spiro atoms. The molecular formula is C10H15Cl2N3O2. The van der Waals surface area contributed by atoms with Crippen LogP contribution in [0.2, 0.25) is 0 Å². The Morgan fingerprint density at radius 1 is 1.47 bits per heavy atom. The number of carbonyl (C=O) groups is 1. The van der Waals surface area contributed by atoms with Crippen LogP contribution in [0.25, 0.3) is 0 Å². The second kappa shape index (κ2) is 8.25. The summed E-state index contributed by atoms with van der Waals surface area (Å²) in [5, 5.41) is 5.79. The van der Waals surface area contributed by atoms with Crippen molar-refractivity contribution in [3.05, 3.63) is 24.4 Å². The van der Waals surface area contributed by atoms with Gasteiger partial charge in [0.2, 0.25) is 0 Å². The number of nitrogens with zero attached hydrogens (tertiary/aromatic N) is 1. The van der Waals surface area contributed by atoms with Crippen molar-refractivity contribution in [3.8, 4) is 0 Å². The maximum absolute atomic E-state index is 11.7. The van der Waals surface area contributed by atoms with Gasteiger partial charge in [0, 0.05) is 19.3 Å². The SMILES string of the molecule is Cl.Cl.O=C(Nc1ccccn1)[C@H]1CNCCO1. The Hall–Kier alpha value is -0.880. The molecule has 1 atom stereocenters. The van der Waals surface area contributed by atoms with Crippen LogP contribution in [0.15, 0.2) is 24.4 Å². The summed E-state index contributed by atoms with van der Waals surface area (Å²) in [6.07, 6.45) is 1.22. The Labute approximate surface area is 112 Å². The van der Waals surface area contributed by atoms with Crippen LogP contribution < -0.4 is 10.6 Å². The smallest absolute Gasteiger partial charge is 0.255 e. The zero-order valence-corrected chi connectivity index (χ0v) is 10.7. The molecule has 0 aromatic carbocycles. The number of halogens is 2. The summed E-state index contributed by atoms with van der Waals surface area (Å²) < 4.78 is 5.31. The standard InChI is InChI=1S/C10H13N3O2.2ClH/c14-10(8-7-11-5-6-15-8)13-9-3-1-2-4-12-9;;/h1-4,8,11H,5-7H2,(H,12,13,14);2*1H/t8-;;/m1../s1. The first-order chi connectivity index (χ1) is 7.36. The Kier molecular flexibility index (Phi) is 7.82. The molecule has 96 valence electrons. The number of carbonyl (C=O) groups excluding carboxylic acids is 1. The fourth-order valence-electron chi connectivity index (χ4n) is 1.38. The molecule has 7 heteroatoms. The van der Waals surface area contributed by atoms with E-state index in [2.05, 4.69) is 15.6 Å². The van der Waals surface area contributed by atoms with Gasteiger partial charge in [-0.25, -0.2) is 4.98 Å². The molecule has 0 aliphatic carbocycles. The highest BCUT2D eigenvalue weighted by Crippen LogP contribution is 2.03. The van der Waals surface area contributed by atoms with E-state index < -0.39 is 6.10 Å². The summed E-state index contributed by atoms with van der Waals surface area (Å²) in [6, 6.07) is 5.37. The van der Waals surface area contributed by atoms with Gasteiger partial charge in [0.05, 0.1) is 6.61 Å². The van der Waals surface area contributed by atoms with Gasteiger partial charge in [-0.1, -0.05) is 6.07 Å². The van der Waals surface area contributed by atoms with Gasteiger partial charge >= 0.3 is 0 Å². The second-order valence-electron chi connectivity index (χ2n) is 3.27. The molecule has 2 heterocycles. The molecule has 0 bridgehead atoms. The number of pyridine rings is 1. The van der Waals surface area contributed by atoms with Gasteiger partial charge < -0.3 is 15.4 Å². The quantitative estimate of drug-likeness (QED) is 0.843. The topological polar surface area (TPSA) is 63.2 Å². The van der Waals surface area contributed by atoms with Crippen molar-refractivity contribution in [1.82, 2.24) is 10.3 Å². The molecule has 1 fully saturated rings. The average Bonchev–Trinajstić information content (AvgIpc) is 2.31. The van der Waals surface area contributed by atoms with Crippen LogP contribution in [0.3, 0.4) is 0 Å². The number of hydrogen-bond acceptors (Lipinski definition) is 4. The Morgan fingerprint density at radius 3 is 2.88 bits per heavy atom. The summed E-state index contributed by atoms with van der Waals surface area (Å²) in [5.41, 5.74) is 0. The normalized spacial score (nSPS) is 18.5. The lowest BCUT2D eigenvalue weighted by molar-refractivity contribution is -0.128. The van der Waals surface area contributed by atoms with Crippen LogP contribution in [0.4, 0.5) is 5.82 Å². The first-order valence-corrected chi connectivity index (χ1v) is 4.90. The van der Waals surface area contributed by atoms with Crippen molar-refractivity contribution >= 4 is 36.5 Å². The second-order valence-corrected chi connectivity index (χ2v) is 3.27. The number of aromatic nitrogens is 1. The van der Waals surface area contributed by atoms with Crippen LogP contribution in [0.5, 0.6) is 0 Å². The van der Waals surface area contributed by atoms with E-state index in [0.29, 0.717) is 19.0 Å². The third-order valence-corrected chi connectivity index (χ3v) is 2.14. The predicted octanol–water partition coefficient (Wildman–Crippen LogP) is 0.852. The largest absolute Gasteiger partial charge is 0.366 e. The highest BCUT2D eigenvalue weighted by Gasteiger charge is 2.21. The molecule has 17 heavy (non-hydrogen) atoms. The minimum absolute atomic E-state index is 0. The van der Waals surface area contributed by atoms with Gasteiger partial charge in [0.25, 0.3) is 5.91 Å². The number of rotatable bonds is 2. The molecule has 2 N–H and O–H groups in total. The maximum Gasteiger partial charge on any atom is 0.255 e. The zero-order valence-electron chi connectivity index (χ0n) is 9.09. The monoisotopic (exact) mass is 279 g/mol. The first-order valence-electron chi connectivity index (χ1n) is 4.90. The highest BCUT2D eigenvalue weighted by molar-refractivity contribution is 5.93. The average molecular weight is 280 g/mol. The minimum atomic E-state index is -0.416. The molecule has 0 unspecified atom stereocenters. The van der Waals surface area contributed by atoms with Gasteiger partial charge in [0.1, 0.15) is 11.9 Å². The van der Waals surface area contributed by atoms with E-state index in [1.807, 2.05) is 6.07 Å². The van der Waals surface area contributed by atoms with Crippen LogP contribution in [0.1, 0.15) is 0 Å². The van der Waals surface area contributed by atoms with Crippen LogP contribution in [-0.2, 0) is 9.53 Å². The third kappa shape index (κ3) is 4.87. The van der Waals surface area contributed by atoms with E-state index in [1.165, 1.54) is 0 Å². The van der Waals surface area contributed by atoms with Crippen molar-refractivity contribution < 1.29 is 9.53 Å². The molecular weight excluding hydrogens is 265 g/mol. The fourth-order valence-corrected chi connectivity index (χ4v) is 1.38. The predicted molar refractivity (Wildman–Crippen MR) is 70.0 cm³/mol. The van der Waals surface area contributed by atoms with Gasteiger partial charge in [-0.3, -0.25) is 4.79 Å². The molecule has 0 radical (unpaired) electrons. The van der Waals surface area contributed by atoms with E-state index in [0.717, 1.165) is 6.54 Å². The Balaban J connectivity index is 0.00000128. The first kappa shape index (κ1) is 16.1. The van der Waals surface area contributed by atoms with Gasteiger partial charge in [-0.05, 0) is 12.1 Å². The van der Waals surface area contributed by atoms with E-state index in [9.17, 15) is 4.79 Å². The van der Waals surface area contributed by atoms with Crippen LogP contribution in [0, 0.1) is 0 Å². The molecule has 0 saturated carbocycles. The molecule has 1 aromatic heterocycles. The number of amides is 1. The van der Waals surface area contributed by atoms with E-state index in [1.54, 1.807) is 18.3 Å². The maximum atomic E-state index is 11.7. The molecule has 1 amide bonds.